The highest BCUT2D eigenvalue weighted by Crippen LogP contribution is 2.34. The molecule has 0 radical (unpaired) electrons. The number of carbonyl (C=O) groups excluding carboxylic acids is 1. The number of nitrogens with two attached hydrogens (primary N) is 1. The van der Waals surface area contributed by atoms with E-state index in [4.69, 9.17) is 10.5 Å². The van der Waals surface area contributed by atoms with E-state index in [9.17, 15) is 28.0 Å². The topological polar surface area (TPSA) is 110 Å². The number of nitrogens with one attached hydrogen (secondary N) is 1. The van der Waals surface area contributed by atoms with Crippen molar-refractivity contribution in [1.82, 2.24) is 4.57 Å². The van der Waals surface area contributed by atoms with Crippen LogP contribution in [0.1, 0.15) is 27.8 Å². The highest BCUT2D eigenvalue weighted by Gasteiger charge is 2.36. The van der Waals surface area contributed by atoms with Gasteiger partial charge in [-0.15, -0.1) is 0 Å². The number of hydrogen-bond acceptors (Lipinski definition) is 4. The number of urea groups is 1. The van der Waals surface area contributed by atoms with Crippen LogP contribution < -0.4 is 21.3 Å². The smallest absolute Gasteiger partial charge is 0.417 e. The van der Waals surface area contributed by atoms with Crippen LogP contribution in [0.3, 0.4) is 0 Å². The number of amides is 2. The van der Waals surface area contributed by atoms with E-state index in [1.165, 1.54) is 22.8 Å². The van der Waals surface area contributed by atoms with Crippen LogP contribution >= 0.6 is 0 Å². The highest BCUT2D eigenvalue weighted by molar-refractivity contribution is 5.87. The molecule has 4 rings (SSSR count). The zero-order chi connectivity index (χ0) is 28.3. The molecule has 0 aliphatic rings. The predicted molar refractivity (Wildman–Crippen MR) is 141 cm³/mol. The molecule has 0 aliphatic carbocycles. The summed E-state index contributed by atoms with van der Waals surface area (Å²) in [5.41, 5.74) is 5.27. The number of aryl methyl sites for hydroxylation is 2. The summed E-state index contributed by atoms with van der Waals surface area (Å²) in [5, 5.41) is 11.9. The Bertz CT molecular complexity index is 1640. The average molecular weight is 533 g/mol. The monoisotopic (exact) mass is 532 g/mol. The van der Waals surface area contributed by atoms with Gasteiger partial charge >= 0.3 is 12.2 Å². The summed E-state index contributed by atoms with van der Waals surface area (Å²) in [6.07, 6.45) is -4.89. The molecule has 4 aromatic rings. The van der Waals surface area contributed by atoms with Gasteiger partial charge in [0, 0.05) is 5.69 Å². The maximum Gasteiger partial charge on any atom is 0.417 e. The van der Waals surface area contributed by atoms with Crippen molar-refractivity contribution in [1.29, 1.82) is 5.26 Å². The third-order valence-corrected chi connectivity index (χ3v) is 6.05. The molecule has 0 aliphatic heterocycles. The van der Waals surface area contributed by atoms with E-state index in [1.807, 2.05) is 32.0 Å². The van der Waals surface area contributed by atoms with Gasteiger partial charge in [-0.25, -0.2) is 4.79 Å². The molecule has 10 heteroatoms. The number of benzene rings is 3. The van der Waals surface area contributed by atoms with E-state index < -0.39 is 28.9 Å². The first-order valence-corrected chi connectivity index (χ1v) is 11.7. The Morgan fingerprint density at radius 2 is 1.62 bits per heavy atom. The molecule has 0 bridgehead atoms. The van der Waals surface area contributed by atoms with E-state index in [-0.39, 0.29) is 12.2 Å². The summed E-state index contributed by atoms with van der Waals surface area (Å²) in [7, 11) is 0. The normalized spacial score (nSPS) is 11.1. The van der Waals surface area contributed by atoms with Crippen LogP contribution in [-0.4, -0.2) is 10.6 Å². The van der Waals surface area contributed by atoms with Crippen LogP contribution in [0.5, 0.6) is 11.5 Å². The van der Waals surface area contributed by atoms with Gasteiger partial charge in [-0.05, 0) is 85.1 Å². The lowest BCUT2D eigenvalue weighted by atomic mass is 10.0. The SMILES string of the molecule is Cc1ccc(Cn2c(-c3ccc(Oc4ccc(NC(N)=O)cc4)cc3)cc(C(F)(F)F)c(C#N)c2=O)c(C)c1. The molecule has 2 amide bonds. The number of nitriles is 1. The number of rotatable bonds is 6. The van der Waals surface area contributed by atoms with Crippen LogP contribution in [0.25, 0.3) is 11.3 Å². The van der Waals surface area contributed by atoms with Crippen molar-refractivity contribution in [3.63, 3.8) is 0 Å². The maximum atomic E-state index is 13.8. The van der Waals surface area contributed by atoms with Gasteiger partial charge in [0.25, 0.3) is 5.56 Å². The number of nitrogens with zero attached hydrogens (tertiary/aromatic N) is 2. The molecule has 0 unspecified atom stereocenters. The molecule has 0 spiro atoms. The Morgan fingerprint density at radius 3 is 2.15 bits per heavy atom. The standard InChI is InChI=1S/C29H23F3N4O3/c1-17-3-4-20(18(2)13-17)16-36-26(14-25(29(30,31)32)24(15-33)27(36)37)19-5-9-22(10-6-19)39-23-11-7-21(8-12-23)35-28(34)38/h3-14H,16H2,1-2H3,(H3,34,35,38). The number of aromatic nitrogens is 1. The molecule has 3 aromatic carbocycles. The molecule has 39 heavy (non-hydrogen) atoms. The molecular formula is C29H23F3N4O3. The first-order valence-electron chi connectivity index (χ1n) is 11.7. The van der Waals surface area contributed by atoms with Crippen molar-refractivity contribution in [3.05, 3.63) is 111 Å². The van der Waals surface area contributed by atoms with Gasteiger partial charge in [0.05, 0.1) is 17.8 Å². The van der Waals surface area contributed by atoms with Gasteiger partial charge in [0.2, 0.25) is 0 Å². The third kappa shape index (κ3) is 6.10. The van der Waals surface area contributed by atoms with Crippen molar-refractivity contribution < 1.29 is 22.7 Å². The molecule has 0 saturated carbocycles. The summed E-state index contributed by atoms with van der Waals surface area (Å²) >= 11 is 0. The lowest BCUT2D eigenvalue weighted by molar-refractivity contribution is -0.137. The Labute approximate surface area is 221 Å². The molecular weight excluding hydrogens is 509 g/mol. The van der Waals surface area contributed by atoms with Crippen LogP contribution in [0.15, 0.2) is 77.6 Å². The minimum atomic E-state index is -4.89. The molecule has 7 nitrogen and oxygen atoms in total. The number of halogens is 3. The number of primary amides is 1. The number of anilines is 1. The van der Waals surface area contributed by atoms with Crippen LogP contribution in [-0.2, 0) is 12.7 Å². The molecule has 1 heterocycles. The number of carbonyl (C=O) groups is 1. The van der Waals surface area contributed by atoms with Gasteiger partial charge in [-0.1, -0.05) is 23.8 Å². The van der Waals surface area contributed by atoms with Crippen molar-refractivity contribution in [2.45, 2.75) is 26.6 Å². The van der Waals surface area contributed by atoms with E-state index in [1.54, 1.807) is 36.4 Å². The summed E-state index contributed by atoms with van der Waals surface area (Å²) in [6, 6.07) is 19.8. The Kier molecular flexibility index (Phi) is 7.44. The summed E-state index contributed by atoms with van der Waals surface area (Å²) in [4.78, 5) is 24.2. The van der Waals surface area contributed by atoms with Gasteiger partial charge < -0.3 is 20.4 Å². The van der Waals surface area contributed by atoms with Crippen molar-refractivity contribution in [2.24, 2.45) is 5.73 Å². The van der Waals surface area contributed by atoms with E-state index in [0.717, 1.165) is 22.8 Å². The minimum absolute atomic E-state index is 0.0136. The molecule has 0 saturated heterocycles. The highest BCUT2D eigenvalue weighted by atomic mass is 19.4. The molecule has 3 N–H and O–H groups in total. The lowest BCUT2D eigenvalue weighted by Crippen LogP contribution is -2.29. The number of pyridine rings is 1. The largest absolute Gasteiger partial charge is 0.457 e. The van der Waals surface area contributed by atoms with Crippen molar-refractivity contribution in [2.75, 3.05) is 5.32 Å². The maximum absolute atomic E-state index is 13.8. The molecule has 0 fully saturated rings. The van der Waals surface area contributed by atoms with Crippen LogP contribution in [0.2, 0.25) is 0 Å². The zero-order valence-electron chi connectivity index (χ0n) is 21.0. The molecule has 0 atom stereocenters. The first-order chi connectivity index (χ1) is 18.5. The Balaban J connectivity index is 1.74. The predicted octanol–water partition coefficient (Wildman–Crippen LogP) is 6.35. The van der Waals surface area contributed by atoms with Crippen molar-refractivity contribution >= 4 is 11.7 Å². The quantitative estimate of drug-likeness (QED) is 0.301. The third-order valence-electron chi connectivity index (χ3n) is 6.05. The second-order valence-corrected chi connectivity index (χ2v) is 8.89. The van der Waals surface area contributed by atoms with Crippen molar-refractivity contribution in [3.8, 4) is 28.8 Å². The lowest BCUT2D eigenvalue weighted by Gasteiger charge is -2.19. The number of alkyl halides is 3. The fourth-order valence-corrected chi connectivity index (χ4v) is 4.15. The Morgan fingerprint density at radius 1 is 1.00 bits per heavy atom. The van der Waals surface area contributed by atoms with Gasteiger partial charge in [0.1, 0.15) is 23.1 Å². The zero-order valence-corrected chi connectivity index (χ0v) is 21.0. The van der Waals surface area contributed by atoms with E-state index in [0.29, 0.717) is 22.7 Å². The first kappa shape index (κ1) is 27.0. The molecule has 198 valence electrons. The Hall–Kier alpha value is -5.04. The van der Waals surface area contributed by atoms with Gasteiger partial charge in [0.15, 0.2) is 0 Å². The number of ether oxygens (including phenoxy) is 1. The summed E-state index contributed by atoms with van der Waals surface area (Å²) in [5.74, 6) is 0.838. The van der Waals surface area contributed by atoms with E-state index >= 15 is 0 Å². The molecule has 1 aromatic heterocycles. The summed E-state index contributed by atoms with van der Waals surface area (Å²) in [6.45, 7) is 3.75. The summed E-state index contributed by atoms with van der Waals surface area (Å²) < 4.78 is 48.5. The average Bonchev–Trinajstić information content (AvgIpc) is 2.87. The van der Waals surface area contributed by atoms with E-state index in [2.05, 4.69) is 5.32 Å². The fourth-order valence-electron chi connectivity index (χ4n) is 4.15. The van der Waals surface area contributed by atoms with Crippen LogP contribution in [0, 0.1) is 25.2 Å². The van der Waals surface area contributed by atoms with Crippen LogP contribution in [0.4, 0.5) is 23.7 Å². The van der Waals surface area contributed by atoms with Gasteiger partial charge in [-0.2, -0.15) is 18.4 Å². The second kappa shape index (κ2) is 10.8. The minimum Gasteiger partial charge on any atom is -0.457 e. The van der Waals surface area contributed by atoms with Gasteiger partial charge in [-0.3, -0.25) is 4.79 Å². The second-order valence-electron chi connectivity index (χ2n) is 8.89. The fraction of sp³-hybridized carbons (Fsp3) is 0.138. The number of hydrogen-bond donors (Lipinski definition) is 2.